The van der Waals surface area contributed by atoms with Crippen LogP contribution in [0.5, 0.6) is 5.75 Å². The first-order chi connectivity index (χ1) is 7.13. The van der Waals surface area contributed by atoms with Crippen LogP contribution in [0, 0.1) is 0 Å². The number of carbonyl (C=O) groups is 1. The van der Waals surface area contributed by atoms with Gasteiger partial charge in [0.15, 0.2) is 0 Å². The van der Waals surface area contributed by atoms with E-state index in [4.69, 9.17) is 4.74 Å². The Bertz CT molecular complexity index is 340. The lowest BCUT2D eigenvalue weighted by molar-refractivity contribution is -0.131. The summed E-state index contributed by atoms with van der Waals surface area (Å²) in [6, 6.07) is 6.77. The smallest absolute Gasteiger partial charge is 0.308 e. The number of aliphatic hydroxyl groups excluding tert-OH is 1. The van der Waals surface area contributed by atoms with Crippen molar-refractivity contribution in [2.24, 2.45) is 0 Å². The molecule has 0 fully saturated rings. The molecule has 0 heterocycles. The lowest BCUT2D eigenvalue weighted by atomic mass is 10.1. The zero-order chi connectivity index (χ0) is 11.3. The van der Waals surface area contributed by atoms with Gasteiger partial charge in [0.2, 0.25) is 0 Å². The molecule has 0 saturated carbocycles. The molecule has 80 valence electrons. The molecular formula is C12H14O3. The molecule has 1 aromatic carbocycles. The van der Waals surface area contributed by atoms with E-state index in [0.717, 1.165) is 5.56 Å². The number of ether oxygens (including phenoxy) is 1. The largest absolute Gasteiger partial charge is 0.427 e. The zero-order valence-electron chi connectivity index (χ0n) is 8.64. The van der Waals surface area contributed by atoms with Gasteiger partial charge in [0, 0.05) is 6.92 Å². The lowest BCUT2D eigenvalue weighted by Crippen LogP contribution is -2.01. The number of aliphatic hydroxyl groups is 1. The van der Waals surface area contributed by atoms with Gasteiger partial charge < -0.3 is 9.84 Å². The first-order valence-electron chi connectivity index (χ1n) is 4.71. The van der Waals surface area contributed by atoms with Crippen molar-refractivity contribution in [2.75, 3.05) is 0 Å². The molecule has 0 aliphatic carbocycles. The van der Waals surface area contributed by atoms with E-state index < -0.39 is 6.10 Å². The second kappa shape index (κ2) is 5.32. The Morgan fingerprint density at radius 2 is 2.13 bits per heavy atom. The van der Waals surface area contributed by atoms with Gasteiger partial charge in [0.05, 0.1) is 6.10 Å². The van der Waals surface area contributed by atoms with Crippen LogP contribution in [0.15, 0.2) is 36.9 Å². The molecule has 1 aromatic rings. The van der Waals surface area contributed by atoms with Gasteiger partial charge in [-0.25, -0.2) is 0 Å². The minimum atomic E-state index is -0.547. The topological polar surface area (TPSA) is 46.5 Å². The summed E-state index contributed by atoms with van der Waals surface area (Å²) in [5, 5.41) is 9.61. The van der Waals surface area contributed by atoms with E-state index in [2.05, 4.69) is 6.58 Å². The van der Waals surface area contributed by atoms with E-state index in [1.807, 2.05) is 0 Å². The van der Waals surface area contributed by atoms with Crippen molar-refractivity contribution in [3.63, 3.8) is 0 Å². The van der Waals surface area contributed by atoms with E-state index >= 15 is 0 Å². The number of hydrogen-bond donors (Lipinski definition) is 1. The summed E-state index contributed by atoms with van der Waals surface area (Å²) in [6.07, 6.45) is 1.62. The van der Waals surface area contributed by atoms with Crippen molar-refractivity contribution in [1.82, 2.24) is 0 Å². The molecule has 0 aliphatic heterocycles. The quantitative estimate of drug-likeness (QED) is 0.467. The Kier molecular flexibility index (Phi) is 4.06. The van der Waals surface area contributed by atoms with Crippen molar-refractivity contribution >= 4 is 5.97 Å². The van der Waals surface area contributed by atoms with E-state index in [1.54, 1.807) is 30.3 Å². The molecule has 0 amide bonds. The molecule has 1 atom stereocenters. The molecule has 0 bridgehead atoms. The van der Waals surface area contributed by atoms with Gasteiger partial charge in [0.25, 0.3) is 0 Å². The summed E-state index contributed by atoms with van der Waals surface area (Å²) in [4.78, 5) is 10.6. The molecule has 0 spiro atoms. The minimum absolute atomic E-state index is 0.352. The summed E-state index contributed by atoms with van der Waals surface area (Å²) in [7, 11) is 0. The predicted molar refractivity (Wildman–Crippen MR) is 57.5 cm³/mol. The standard InChI is InChI=1S/C12H14O3/c1-3-4-12(14)10-5-7-11(8-6-10)15-9(2)13/h3,5-8,12,14H,1,4H2,2H3/t12-/m1/s1. The van der Waals surface area contributed by atoms with Crippen molar-refractivity contribution in [2.45, 2.75) is 19.4 Å². The summed E-state index contributed by atoms with van der Waals surface area (Å²) in [6.45, 7) is 4.90. The molecule has 1 N–H and O–H groups in total. The van der Waals surface area contributed by atoms with Gasteiger partial charge in [0.1, 0.15) is 5.75 Å². The first kappa shape index (κ1) is 11.5. The molecule has 1 rings (SSSR count). The Morgan fingerprint density at radius 3 is 2.60 bits per heavy atom. The van der Waals surface area contributed by atoms with Gasteiger partial charge in [-0.15, -0.1) is 6.58 Å². The normalized spacial score (nSPS) is 11.9. The van der Waals surface area contributed by atoms with Crippen molar-refractivity contribution in [1.29, 1.82) is 0 Å². The fourth-order valence-electron chi connectivity index (χ4n) is 1.22. The number of carbonyl (C=O) groups excluding carboxylic acids is 1. The van der Waals surface area contributed by atoms with Crippen molar-refractivity contribution in [3.05, 3.63) is 42.5 Å². The van der Waals surface area contributed by atoms with E-state index in [0.29, 0.717) is 12.2 Å². The highest BCUT2D eigenvalue weighted by Crippen LogP contribution is 2.20. The van der Waals surface area contributed by atoms with Crippen LogP contribution in [0.4, 0.5) is 0 Å². The molecule has 0 unspecified atom stereocenters. The monoisotopic (exact) mass is 206 g/mol. The molecule has 0 saturated heterocycles. The Balaban J connectivity index is 2.71. The third kappa shape index (κ3) is 3.56. The summed E-state index contributed by atoms with van der Waals surface area (Å²) < 4.78 is 4.87. The maximum Gasteiger partial charge on any atom is 0.308 e. The molecule has 0 aromatic heterocycles. The Hall–Kier alpha value is -1.61. The second-order valence-corrected chi connectivity index (χ2v) is 3.20. The molecular weight excluding hydrogens is 192 g/mol. The van der Waals surface area contributed by atoms with Crippen LogP contribution >= 0.6 is 0 Å². The van der Waals surface area contributed by atoms with E-state index in [9.17, 15) is 9.90 Å². The van der Waals surface area contributed by atoms with Gasteiger partial charge in [-0.05, 0) is 24.1 Å². The molecule has 15 heavy (non-hydrogen) atoms. The van der Waals surface area contributed by atoms with Crippen LogP contribution < -0.4 is 4.74 Å². The number of esters is 1. The van der Waals surface area contributed by atoms with Crippen LogP contribution in [-0.4, -0.2) is 11.1 Å². The third-order valence-corrected chi connectivity index (χ3v) is 1.92. The van der Waals surface area contributed by atoms with E-state index in [1.165, 1.54) is 6.92 Å². The predicted octanol–water partition coefficient (Wildman–Crippen LogP) is 2.22. The van der Waals surface area contributed by atoms with Crippen LogP contribution in [-0.2, 0) is 4.79 Å². The van der Waals surface area contributed by atoms with Gasteiger partial charge in [-0.1, -0.05) is 18.2 Å². The third-order valence-electron chi connectivity index (χ3n) is 1.92. The van der Waals surface area contributed by atoms with Gasteiger partial charge in [-0.3, -0.25) is 4.79 Å². The van der Waals surface area contributed by atoms with Crippen molar-refractivity contribution in [3.8, 4) is 5.75 Å². The maximum atomic E-state index is 10.6. The van der Waals surface area contributed by atoms with Crippen LogP contribution in [0.2, 0.25) is 0 Å². The van der Waals surface area contributed by atoms with Gasteiger partial charge in [-0.2, -0.15) is 0 Å². The fraction of sp³-hybridized carbons (Fsp3) is 0.250. The summed E-state index contributed by atoms with van der Waals surface area (Å²) in [5.74, 6) is 0.131. The van der Waals surface area contributed by atoms with Crippen molar-refractivity contribution < 1.29 is 14.6 Å². The average Bonchev–Trinajstić information content (AvgIpc) is 2.18. The molecule has 3 nitrogen and oxygen atoms in total. The molecule has 3 heteroatoms. The first-order valence-corrected chi connectivity index (χ1v) is 4.71. The molecule has 0 radical (unpaired) electrons. The molecule has 0 aliphatic rings. The maximum absolute atomic E-state index is 10.6. The number of benzene rings is 1. The van der Waals surface area contributed by atoms with E-state index in [-0.39, 0.29) is 5.97 Å². The zero-order valence-corrected chi connectivity index (χ0v) is 8.64. The summed E-state index contributed by atoms with van der Waals surface area (Å²) >= 11 is 0. The SMILES string of the molecule is C=CC[C@@H](O)c1ccc(OC(C)=O)cc1. The average molecular weight is 206 g/mol. The second-order valence-electron chi connectivity index (χ2n) is 3.20. The lowest BCUT2D eigenvalue weighted by Gasteiger charge is -2.08. The van der Waals surface area contributed by atoms with Crippen LogP contribution in [0.3, 0.4) is 0 Å². The summed E-state index contributed by atoms with van der Waals surface area (Å²) in [5.41, 5.74) is 0.783. The fourth-order valence-corrected chi connectivity index (χ4v) is 1.22. The number of hydrogen-bond acceptors (Lipinski definition) is 3. The van der Waals surface area contributed by atoms with Crippen LogP contribution in [0.1, 0.15) is 25.0 Å². The number of rotatable bonds is 4. The Morgan fingerprint density at radius 1 is 1.53 bits per heavy atom. The highest BCUT2D eigenvalue weighted by atomic mass is 16.5. The van der Waals surface area contributed by atoms with Gasteiger partial charge >= 0.3 is 5.97 Å². The highest BCUT2D eigenvalue weighted by molar-refractivity contribution is 5.69. The highest BCUT2D eigenvalue weighted by Gasteiger charge is 2.05. The minimum Gasteiger partial charge on any atom is -0.427 e. The Labute approximate surface area is 89.0 Å². The van der Waals surface area contributed by atoms with Crippen LogP contribution in [0.25, 0.3) is 0 Å².